The lowest BCUT2D eigenvalue weighted by Crippen LogP contribution is -2.25. The number of para-hydroxylation sites is 3. The lowest BCUT2D eigenvalue weighted by molar-refractivity contribution is -0.645. The molecule has 4 nitrogen and oxygen atoms in total. The van der Waals surface area contributed by atoms with Crippen LogP contribution in [0.4, 0.5) is 0 Å². The molecule has 0 aliphatic carbocycles. The SMILES string of the molecule is [2H]C([2H])([2H])[n+]1cn(-c2cccc(C(C)(C)c3ccc4c5ccccc5n(-c5cc(-c6ccccc6-c6ccccc6)ccn5)c4c3)c2)c2ccccc21. The summed E-state index contributed by atoms with van der Waals surface area (Å²) in [5, 5.41) is 2.34. The number of rotatable bonds is 6. The van der Waals surface area contributed by atoms with Crippen LogP contribution < -0.4 is 4.57 Å². The van der Waals surface area contributed by atoms with Crippen LogP contribution in [0, 0.1) is 0 Å². The van der Waals surface area contributed by atoms with Gasteiger partial charge in [-0.3, -0.25) is 4.57 Å². The maximum Gasteiger partial charge on any atom is 0.249 e. The molecule has 3 heterocycles. The molecule has 9 aromatic rings. The molecular weight excluding hydrogens is 609 g/mol. The fourth-order valence-electron chi connectivity index (χ4n) is 7.45. The molecule has 4 heteroatoms. The third-order valence-corrected chi connectivity index (χ3v) is 10.2. The first kappa shape index (κ1) is 26.7. The molecule has 3 aromatic heterocycles. The van der Waals surface area contributed by atoms with Gasteiger partial charge in [0.2, 0.25) is 6.33 Å². The highest BCUT2D eigenvalue weighted by Gasteiger charge is 2.26. The Hall–Kier alpha value is -6.26. The van der Waals surface area contributed by atoms with E-state index in [0.29, 0.717) is 5.52 Å². The normalized spacial score (nSPS) is 13.0. The molecule has 0 bridgehead atoms. The van der Waals surface area contributed by atoms with Crippen molar-refractivity contribution in [1.29, 1.82) is 0 Å². The Bertz CT molecular complexity index is 2810. The Morgan fingerprint density at radius 2 is 1.28 bits per heavy atom. The number of hydrogen-bond donors (Lipinski definition) is 0. The molecule has 6 aromatic carbocycles. The van der Waals surface area contributed by atoms with Gasteiger partial charge >= 0.3 is 0 Å². The molecule has 240 valence electrons. The minimum atomic E-state index is -2.30. The van der Waals surface area contributed by atoms with E-state index >= 15 is 0 Å². The third kappa shape index (κ3) is 4.83. The number of aromatic nitrogens is 4. The molecule has 0 saturated heterocycles. The zero-order valence-electron chi connectivity index (χ0n) is 31.0. The number of hydrogen-bond acceptors (Lipinski definition) is 1. The van der Waals surface area contributed by atoms with Crippen LogP contribution in [0.15, 0.2) is 170 Å². The second-order valence-electron chi connectivity index (χ2n) is 13.4. The van der Waals surface area contributed by atoms with Crippen molar-refractivity contribution in [2.24, 2.45) is 6.98 Å². The van der Waals surface area contributed by atoms with Crippen molar-refractivity contribution >= 4 is 32.8 Å². The maximum absolute atomic E-state index is 8.15. The molecule has 0 amide bonds. The van der Waals surface area contributed by atoms with Crippen LogP contribution in [-0.2, 0) is 12.4 Å². The van der Waals surface area contributed by atoms with E-state index in [-0.39, 0.29) is 0 Å². The fraction of sp³-hybridized carbons (Fsp3) is 0.0870. The molecular formula is C46H37N4+. The molecule has 0 aliphatic rings. The maximum atomic E-state index is 8.15. The summed E-state index contributed by atoms with van der Waals surface area (Å²) in [6.45, 7) is 2.20. The zero-order chi connectivity index (χ0) is 36.3. The van der Waals surface area contributed by atoms with Crippen molar-refractivity contribution in [3.63, 3.8) is 0 Å². The van der Waals surface area contributed by atoms with E-state index in [1.807, 2.05) is 47.2 Å². The average molecular weight is 649 g/mol. The molecule has 0 fully saturated rings. The lowest BCUT2D eigenvalue weighted by Gasteiger charge is -2.26. The first-order chi connectivity index (χ1) is 25.7. The number of benzene rings is 6. The monoisotopic (exact) mass is 648 g/mol. The third-order valence-electron chi connectivity index (χ3n) is 10.2. The number of imidazole rings is 1. The van der Waals surface area contributed by atoms with Gasteiger partial charge in [0.05, 0.1) is 22.1 Å². The molecule has 0 N–H and O–H groups in total. The molecule has 9 rings (SSSR count). The predicted octanol–water partition coefficient (Wildman–Crippen LogP) is 10.6. The van der Waals surface area contributed by atoms with E-state index in [1.54, 1.807) is 6.33 Å². The van der Waals surface area contributed by atoms with Crippen molar-refractivity contribution in [3.05, 3.63) is 181 Å². The van der Waals surface area contributed by atoms with Crippen LogP contribution in [0.5, 0.6) is 0 Å². The summed E-state index contributed by atoms with van der Waals surface area (Å²) in [5.74, 6) is 0.857. The van der Waals surface area contributed by atoms with E-state index in [0.717, 1.165) is 50.3 Å². The summed E-state index contributed by atoms with van der Waals surface area (Å²) >= 11 is 0. The topological polar surface area (TPSA) is 26.6 Å². The van der Waals surface area contributed by atoms with Gasteiger partial charge in [-0.15, -0.1) is 0 Å². The lowest BCUT2D eigenvalue weighted by atomic mass is 9.77. The smallest absolute Gasteiger partial charge is 0.249 e. The van der Waals surface area contributed by atoms with Gasteiger partial charge in [0.1, 0.15) is 11.5 Å². The van der Waals surface area contributed by atoms with Gasteiger partial charge < -0.3 is 0 Å². The van der Waals surface area contributed by atoms with Gasteiger partial charge in [-0.2, -0.15) is 4.57 Å². The van der Waals surface area contributed by atoms with E-state index < -0.39 is 12.4 Å². The van der Waals surface area contributed by atoms with Crippen LogP contribution >= 0.6 is 0 Å². The van der Waals surface area contributed by atoms with Gasteiger partial charge in [0.15, 0.2) is 11.0 Å². The van der Waals surface area contributed by atoms with Gasteiger partial charge in [0.25, 0.3) is 0 Å². The van der Waals surface area contributed by atoms with Crippen LogP contribution in [0.1, 0.15) is 29.1 Å². The van der Waals surface area contributed by atoms with Gasteiger partial charge in [-0.25, -0.2) is 9.55 Å². The number of nitrogens with zero attached hydrogens (tertiary/aromatic N) is 4. The number of fused-ring (bicyclic) bond motifs is 4. The van der Waals surface area contributed by atoms with E-state index in [4.69, 9.17) is 9.10 Å². The van der Waals surface area contributed by atoms with Gasteiger partial charge in [-0.05, 0) is 81.9 Å². The first-order valence-electron chi connectivity index (χ1n) is 18.5. The quantitative estimate of drug-likeness (QED) is 0.165. The Labute approximate surface area is 296 Å². The van der Waals surface area contributed by atoms with Crippen molar-refractivity contribution < 1.29 is 8.68 Å². The zero-order valence-corrected chi connectivity index (χ0v) is 28.0. The summed E-state index contributed by atoms with van der Waals surface area (Å²) in [6, 6.07) is 54.7. The predicted molar refractivity (Wildman–Crippen MR) is 206 cm³/mol. The van der Waals surface area contributed by atoms with E-state index in [9.17, 15) is 0 Å². The van der Waals surface area contributed by atoms with Crippen LogP contribution in [0.25, 0.3) is 66.6 Å². The van der Waals surface area contributed by atoms with Crippen LogP contribution in [0.2, 0.25) is 0 Å². The highest BCUT2D eigenvalue weighted by Crippen LogP contribution is 2.39. The minimum Gasteiger partial charge on any atom is -0.294 e. The summed E-state index contributed by atoms with van der Waals surface area (Å²) < 4.78 is 30.1. The molecule has 0 atom stereocenters. The minimum absolute atomic E-state index is 0.391. The van der Waals surface area contributed by atoms with Crippen molar-refractivity contribution in [2.75, 3.05) is 0 Å². The van der Waals surface area contributed by atoms with Gasteiger partial charge in [-0.1, -0.05) is 123 Å². The summed E-state index contributed by atoms with van der Waals surface area (Å²) in [4.78, 5) is 4.97. The summed E-state index contributed by atoms with van der Waals surface area (Å²) in [6.07, 6.45) is 3.60. The number of aryl methyl sites for hydroxylation is 1. The summed E-state index contributed by atoms with van der Waals surface area (Å²) in [5.41, 5.74) is 11.1. The van der Waals surface area contributed by atoms with Crippen LogP contribution in [0.3, 0.4) is 0 Å². The Morgan fingerprint density at radius 3 is 2.12 bits per heavy atom. The van der Waals surface area contributed by atoms with E-state index in [1.165, 1.54) is 26.5 Å². The molecule has 0 saturated carbocycles. The second kappa shape index (κ2) is 11.7. The standard InChI is InChI=1S/C46H37N4/c1-46(2,34-16-13-17-36(29-34)49-31-48(3)42-22-11-12-23-43(42)49)35-24-25-40-39-20-9-10-21-41(39)50(44(40)30-35)45-28-33(26-27-47-45)38-19-8-7-18-37(38)32-14-5-4-6-15-32/h4-31H,1-3H3/q+1/i3D3. The second-order valence-corrected chi connectivity index (χ2v) is 13.4. The van der Waals surface area contributed by atoms with E-state index in [2.05, 4.69) is 140 Å². The first-order valence-corrected chi connectivity index (χ1v) is 17.0. The largest absolute Gasteiger partial charge is 0.294 e. The molecule has 50 heavy (non-hydrogen) atoms. The van der Waals surface area contributed by atoms with Crippen molar-refractivity contribution in [1.82, 2.24) is 14.1 Å². The Morgan fingerprint density at radius 1 is 0.580 bits per heavy atom. The van der Waals surface area contributed by atoms with Crippen molar-refractivity contribution in [2.45, 2.75) is 19.3 Å². The van der Waals surface area contributed by atoms with Gasteiger partial charge in [0, 0.05) is 22.4 Å². The molecule has 0 radical (unpaired) electrons. The Balaban J connectivity index is 1.17. The number of pyridine rings is 1. The fourth-order valence-corrected chi connectivity index (χ4v) is 7.45. The summed E-state index contributed by atoms with van der Waals surface area (Å²) in [7, 11) is 0. The van der Waals surface area contributed by atoms with Crippen molar-refractivity contribution in [3.8, 4) is 33.8 Å². The highest BCUT2D eigenvalue weighted by atomic mass is 15.1. The molecule has 0 aliphatic heterocycles. The average Bonchev–Trinajstić information content (AvgIpc) is 3.75. The van der Waals surface area contributed by atoms with Crippen LogP contribution in [-0.4, -0.2) is 14.1 Å². The highest BCUT2D eigenvalue weighted by molar-refractivity contribution is 6.09. The Kier molecular flexibility index (Phi) is 6.25. The molecule has 0 spiro atoms. The molecule has 0 unspecified atom stereocenters.